The topological polar surface area (TPSA) is 66.6 Å². The van der Waals surface area contributed by atoms with E-state index in [0.29, 0.717) is 0 Å². The summed E-state index contributed by atoms with van der Waals surface area (Å²) < 4.78 is 0. The van der Waals surface area contributed by atoms with Crippen molar-refractivity contribution >= 4 is 5.97 Å². The maximum atomic E-state index is 10.7. The number of hydrazine groups is 1. The summed E-state index contributed by atoms with van der Waals surface area (Å²) in [5, 5.41) is 9.92. The van der Waals surface area contributed by atoms with Crippen molar-refractivity contribution in [1.29, 1.82) is 0 Å². The molecule has 1 atom stereocenters. The summed E-state index contributed by atoms with van der Waals surface area (Å²) >= 11 is 0. The van der Waals surface area contributed by atoms with Crippen LogP contribution in [0.5, 0.6) is 0 Å². The summed E-state index contributed by atoms with van der Waals surface area (Å²) in [5.74, 6) is 4.47. The SMILES string of the molecule is CC1(C(=O)O)C=CC=CN1N. The van der Waals surface area contributed by atoms with E-state index in [2.05, 4.69) is 0 Å². The highest BCUT2D eigenvalue weighted by atomic mass is 16.4. The van der Waals surface area contributed by atoms with Gasteiger partial charge in [0.15, 0.2) is 5.54 Å². The molecule has 0 aliphatic carbocycles. The fourth-order valence-corrected chi connectivity index (χ4v) is 0.808. The molecule has 0 spiro atoms. The van der Waals surface area contributed by atoms with Gasteiger partial charge in [0.2, 0.25) is 0 Å². The van der Waals surface area contributed by atoms with E-state index in [1.54, 1.807) is 12.2 Å². The number of hydrogen-bond acceptors (Lipinski definition) is 3. The average Bonchev–Trinajstić information content (AvgIpc) is 1.95. The van der Waals surface area contributed by atoms with E-state index in [-0.39, 0.29) is 0 Å². The van der Waals surface area contributed by atoms with Crippen molar-refractivity contribution < 1.29 is 9.90 Å². The zero-order valence-corrected chi connectivity index (χ0v) is 6.19. The fraction of sp³-hybridized carbons (Fsp3) is 0.286. The van der Waals surface area contributed by atoms with Crippen LogP contribution in [0.25, 0.3) is 0 Å². The van der Waals surface area contributed by atoms with E-state index in [4.69, 9.17) is 10.9 Å². The van der Waals surface area contributed by atoms with Crippen LogP contribution >= 0.6 is 0 Å². The largest absolute Gasteiger partial charge is 0.479 e. The first kappa shape index (κ1) is 7.81. The van der Waals surface area contributed by atoms with E-state index in [0.717, 1.165) is 5.01 Å². The van der Waals surface area contributed by atoms with Crippen molar-refractivity contribution in [2.24, 2.45) is 5.84 Å². The summed E-state index contributed by atoms with van der Waals surface area (Å²) in [5.41, 5.74) is -1.10. The lowest BCUT2D eigenvalue weighted by Gasteiger charge is -2.32. The molecular weight excluding hydrogens is 144 g/mol. The van der Waals surface area contributed by atoms with Gasteiger partial charge in [-0.05, 0) is 19.1 Å². The van der Waals surface area contributed by atoms with Crippen molar-refractivity contribution in [3.63, 3.8) is 0 Å². The van der Waals surface area contributed by atoms with Gasteiger partial charge in [-0.3, -0.25) is 5.01 Å². The van der Waals surface area contributed by atoms with Crippen LogP contribution in [0.4, 0.5) is 0 Å². The molecule has 4 nitrogen and oxygen atoms in total. The van der Waals surface area contributed by atoms with Crippen molar-refractivity contribution in [3.05, 3.63) is 24.4 Å². The number of carbonyl (C=O) groups is 1. The molecule has 4 heteroatoms. The summed E-state index contributed by atoms with van der Waals surface area (Å²) in [7, 11) is 0. The van der Waals surface area contributed by atoms with Crippen LogP contribution in [0.15, 0.2) is 24.4 Å². The second kappa shape index (κ2) is 2.39. The number of allylic oxidation sites excluding steroid dienone is 2. The monoisotopic (exact) mass is 154 g/mol. The van der Waals surface area contributed by atoms with Gasteiger partial charge in [0.25, 0.3) is 0 Å². The van der Waals surface area contributed by atoms with Gasteiger partial charge in [0.1, 0.15) is 0 Å². The Morgan fingerprint density at radius 1 is 1.64 bits per heavy atom. The maximum Gasteiger partial charge on any atom is 0.334 e. The van der Waals surface area contributed by atoms with E-state index in [1.807, 2.05) is 0 Å². The molecule has 0 aromatic carbocycles. The maximum absolute atomic E-state index is 10.7. The lowest BCUT2D eigenvalue weighted by Crippen LogP contribution is -2.52. The molecular formula is C7H10N2O2. The minimum absolute atomic E-state index is 0.958. The Morgan fingerprint density at radius 2 is 2.27 bits per heavy atom. The first-order valence-corrected chi connectivity index (χ1v) is 3.21. The molecule has 0 bridgehead atoms. The Morgan fingerprint density at radius 3 is 2.64 bits per heavy atom. The Balaban J connectivity index is 2.94. The van der Waals surface area contributed by atoms with Crippen LogP contribution < -0.4 is 5.84 Å². The van der Waals surface area contributed by atoms with Gasteiger partial charge in [0.05, 0.1) is 0 Å². The minimum Gasteiger partial charge on any atom is -0.479 e. The van der Waals surface area contributed by atoms with E-state index >= 15 is 0 Å². The highest BCUT2D eigenvalue weighted by Crippen LogP contribution is 2.17. The van der Waals surface area contributed by atoms with Gasteiger partial charge < -0.3 is 5.11 Å². The fourth-order valence-electron chi connectivity index (χ4n) is 0.808. The normalized spacial score (nSPS) is 29.1. The standard InChI is InChI=1S/C7H10N2O2/c1-7(6(10)11)4-2-3-5-9(7)8/h2-5H,8H2,1H3,(H,10,11). The predicted molar refractivity (Wildman–Crippen MR) is 40.3 cm³/mol. The zero-order valence-electron chi connectivity index (χ0n) is 6.19. The van der Waals surface area contributed by atoms with Gasteiger partial charge in [-0.1, -0.05) is 6.08 Å². The number of carboxylic acids is 1. The molecule has 0 fully saturated rings. The predicted octanol–water partition coefficient (Wildman–Crippen LogP) is 0.0889. The zero-order chi connectivity index (χ0) is 8.48. The summed E-state index contributed by atoms with van der Waals surface area (Å²) in [4.78, 5) is 10.7. The molecule has 0 radical (unpaired) electrons. The van der Waals surface area contributed by atoms with Gasteiger partial charge in [-0.25, -0.2) is 10.6 Å². The Bertz CT molecular complexity index is 235. The third-order valence-electron chi connectivity index (χ3n) is 1.75. The first-order chi connectivity index (χ1) is 5.07. The number of nitrogens with zero attached hydrogens (tertiary/aromatic N) is 1. The third-order valence-corrected chi connectivity index (χ3v) is 1.75. The molecule has 1 aliphatic rings. The molecule has 0 saturated heterocycles. The smallest absolute Gasteiger partial charge is 0.334 e. The van der Waals surface area contributed by atoms with Crippen LogP contribution in [0.1, 0.15) is 6.92 Å². The van der Waals surface area contributed by atoms with Gasteiger partial charge >= 0.3 is 5.97 Å². The molecule has 1 rings (SSSR count). The van der Waals surface area contributed by atoms with Gasteiger partial charge in [-0.15, -0.1) is 0 Å². The molecule has 1 aliphatic heterocycles. The van der Waals surface area contributed by atoms with E-state index < -0.39 is 11.5 Å². The second-order valence-corrected chi connectivity index (χ2v) is 2.56. The summed E-state index contributed by atoms with van der Waals surface area (Å²) in [6.45, 7) is 1.54. The lowest BCUT2D eigenvalue weighted by molar-refractivity contribution is -0.146. The Kier molecular flexibility index (Phi) is 1.70. The molecule has 3 N–H and O–H groups in total. The van der Waals surface area contributed by atoms with Crippen molar-refractivity contribution in [3.8, 4) is 0 Å². The number of hydrogen-bond donors (Lipinski definition) is 2. The van der Waals surface area contributed by atoms with Gasteiger partial charge in [-0.2, -0.15) is 0 Å². The second-order valence-electron chi connectivity index (χ2n) is 2.56. The number of aliphatic carboxylic acids is 1. The molecule has 11 heavy (non-hydrogen) atoms. The van der Waals surface area contributed by atoms with Gasteiger partial charge in [0, 0.05) is 6.20 Å². The number of carboxylic acid groups (broad SMARTS) is 1. The quantitative estimate of drug-likeness (QED) is 0.525. The van der Waals surface area contributed by atoms with Crippen LogP contribution in [0.2, 0.25) is 0 Å². The highest BCUT2D eigenvalue weighted by Gasteiger charge is 2.34. The molecule has 0 aromatic heterocycles. The summed E-state index contributed by atoms with van der Waals surface area (Å²) in [6, 6.07) is 0. The molecule has 0 aromatic rings. The first-order valence-electron chi connectivity index (χ1n) is 3.21. The lowest BCUT2D eigenvalue weighted by atomic mass is 10.00. The minimum atomic E-state index is -1.10. The van der Waals surface area contributed by atoms with Crippen LogP contribution in [-0.4, -0.2) is 21.6 Å². The number of rotatable bonds is 1. The molecule has 0 saturated carbocycles. The average molecular weight is 154 g/mol. The molecule has 60 valence electrons. The Hall–Kier alpha value is -1.29. The third kappa shape index (κ3) is 1.12. The highest BCUT2D eigenvalue weighted by molar-refractivity contribution is 5.81. The molecule has 1 heterocycles. The van der Waals surface area contributed by atoms with Crippen LogP contribution in [0, 0.1) is 0 Å². The summed E-state index contributed by atoms with van der Waals surface area (Å²) in [6.07, 6.45) is 6.41. The number of nitrogens with two attached hydrogens (primary N) is 1. The van der Waals surface area contributed by atoms with Crippen LogP contribution in [0.3, 0.4) is 0 Å². The molecule has 0 amide bonds. The van der Waals surface area contributed by atoms with Crippen molar-refractivity contribution in [2.45, 2.75) is 12.5 Å². The van der Waals surface area contributed by atoms with Crippen LogP contribution in [-0.2, 0) is 4.79 Å². The Labute approximate surface area is 64.6 Å². The molecule has 1 unspecified atom stereocenters. The van der Waals surface area contributed by atoms with Crippen molar-refractivity contribution in [2.75, 3.05) is 0 Å². The van der Waals surface area contributed by atoms with E-state index in [1.165, 1.54) is 19.2 Å². The van der Waals surface area contributed by atoms with E-state index in [9.17, 15) is 4.79 Å². The van der Waals surface area contributed by atoms with Crippen molar-refractivity contribution in [1.82, 2.24) is 5.01 Å².